The molecule has 2 atom stereocenters. The maximum absolute atomic E-state index is 12.2. The molecule has 1 fully saturated rings. The van der Waals surface area contributed by atoms with Crippen molar-refractivity contribution in [1.82, 2.24) is 5.43 Å². The molecule has 4 heteroatoms. The first-order valence-electron chi connectivity index (χ1n) is 8.35. The smallest absolute Gasteiger partial charge is 0.243 e. The van der Waals surface area contributed by atoms with Crippen LogP contribution >= 0.6 is 0 Å². The van der Waals surface area contributed by atoms with Crippen LogP contribution in [0.5, 0.6) is 0 Å². The molecule has 0 bridgehead atoms. The van der Waals surface area contributed by atoms with E-state index in [4.69, 9.17) is 4.42 Å². The highest BCUT2D eigenvalue weighted by molar-refractivity contribution is 5.97. The van der Waals surface area contributed by atoms with Crippen LogP contribution in [0, 0.1) is 5.92 Å². The van der Waals surface area contributed by atoms with Gasteiger partial charge < -0.3 is 4.42 Å². The van der Waals surface area contributed by atoms with E-state index in [9.17, 15) is 4.79 Å². The van der Waals surface area contributed by atoms with Crippen LogP contribution in [0.1, 0.15) is 56.9 Å². The number of hydrazone groups is 1. The Balaban J connectivity index is 1.59. The summed E-state index contributed by atoms with van der Waals surface area (Å²) in [7, 11) is 0. The molecule has 1 aliphatic rings. The van der Waals surface area contributed by atoms with E-state index in [1.807, 2.05) is 13.0 Å². The quantitative estimate of drug-likeness (QED) is 0.676. The molecule has 24 heavy (non-hydrogen) atoms. The average molecular weight is 324 g/mol. The predicted octanol–water partition coefficient (Wildman–Crippen LogP) is 4.22. The van der Waals surface area contributed by atoms with Gasteiger partial charge in [-0.3, -0.25) is 4.79 Å². The third-order valence-electron chi connectivity index (χ3n) is 4.54. The van der Waals surface area contributed by atoms with Crippen LogP contribution in [0.2, 0.25) is 0 Å². The fourth-order valence-corrected chi connectivity index (χ4v) is 2.84. The van der Waals surface area contributed by atoms with Gasteiger partial charge in [0.05, 0.1) is 6.26 Å². The molecule has 1 N–H and O–H groups in total. The number of nitrogens with zero attached hydrogens (tertiary/aromatic N) is 1. The molecule has 3 rings (SSSR count). The molecule has 1 heterocycles. The maximum atomic E-state index is 12.2. The second-order valence-corrected chi connectivity index (χ2v) is 7.47. The van der Waals surface area contributed by atoms with E-state index in [2.05, 4.69) is 55.6 Å². The Morgan fingerprint density at radius 1 is 1.21 bits per heavy atom. The molecule has 1 saturated carbocycles. The van der Waals surface area contributed by atoms with Gasteiger partial charge in [-0.2, -0.15) is 5.10 Å². The summed E-state index contributed by atoms with van der Waals surface area (Å²) in [6.07, 6.45) is 2.48. The zero-order chi connectivity index (χ0) is 17.3. The second kappa shape index (κ2) is 6.27. The summed E-state index contributed by atoms with van der Waals surface area (Å²) in [5, 5.41) is 4.13. The van der Waals surface area contributed by atoms with E-state index in [1.54, 1.807) is 12.3 Å². The Hall–Kier alpha value is -2.36. The zero-order valence-electron chi connectivity index (χ0n) is 14.7. The highest BCUT2D eigenvalue weighted by Crippen LogP contribution is 2.47. The number of furan rings is 1. The first-order chi connectivity index (χ1) is 11.4. The van der Waals surface area contributed by atoms with E-state index < -0.39 is 0 Å². The van der Waals surface area contributed by atoms with Crippen molar-refractivity contribution in [1.29, 1.82) is 0 Å². The first-order valence-corrected chi connectivity index (χ1v) is 8.35. The minimum absolute atomic E-state index is 0.0126. The molecule has 2 unspecified atom stereocenters. The third-order valence-corrected chi connectivity index (χ3v) is 4.54. The van der Waals surface area contributed by atoms with Crippen molar-refractivity contribution >= 4 is 11.6 Å². The summed E-state index contributed by atoms with van der Waals surface area (Å²) in [5.74, 6) is 0.961. The summed E-state index contributed by atoms with van der Waals surface area (Å²) in [6, 6.07) is 12.3. The summed E-state index contributed by atoms with van der Waals surface area (Å²) < 4.78 is 5.25. The minimum atomic E-state index is -0.0224. The normalized spacial score (nSPS) is 20.8. The van der Waals surface area contributed by atoms with Crippen LogP contribution in [0.15, 0.2) is 52.2 Å². The number of hydrogen-bond donors (Lipinski definition) is 1. The van der Waals surface area contributed by atoms with Crippen molar-refractivity contribution in [3.05, 3.63) is 59.5 Å². The van der Waals surface area contributed by atoms with Gasteiger partial charge in [0.15, 0.2) is 0 Å². The lowest BCUT2D eigenvalue weighted by atomic mass is 9.86. The van der Waals surface area contributed by atoms with E-state index in [-0.39, 0.29) is 17.2 Å². The number of amides is 1. The van der Waals surface area contributed by atoms with E-state index >= 15 is 0 Å². The molecule has 1 amide bonds. The SMILES string of the molecule is CC(=NNC(=O)C1CC1c1ccc(C(C)(C)C)cc1)c1ccco1. The number of carbonyl (C=O) groups is 1. The lowest BCUT2D eigenvalue weighted by Gasteiger charge is -2.19. The molecule has 0 radical (unpaired) electrons. The Labute approximate surface area is 143 Å². The van der Waals surface area contributed by atoms with E-state index in [0.29, 0.717) is 17.4 Å². The first kappa shape index (κ1) is 16.5. The third kappa shape index (κ3) is 3.58. The van der Waals surface area contributed by atoms with Crippen molar-refractivity contribution in [3.8, 4) is 0 Å². The van der Waals surface area contributed by atoms with E-state index in [0.717, 1.165) is 6.42 Å². The molecule has 126 valence electrons. The van der Waals surface area contributed by atoms with Crippen molar-refractivity contribution in [2.24, 2.45) is 11.0 Å². The molecular weight excluding hydrogens is 300 g/mol. The van der Waals surface area contributed by atoms with Gasteiger partial charge in [0.2, 0.25) is 5.91 Å². The van der Waals surface area contributed by atoms with Gasteiger partial charge in [0, 0.05) is 5.92 Å². The van der Waals surface area contributed by atoms with Gasteiger partial charge in [-0.05, 0) is 47.9 Å². The molecule has 1 aliphatic carbocycles. The van der Waals surface area contributed by atoms with Gasteiger partial charge in [-0.15, -0.1) is 0 Å². The zero-order valence-corrected chi connectivity index (χ0v) is 14.7. The maximum Gasteiger partial charge on any atom is 0.243 e. The Bertz CT molecular complexity index is 737. The van der Waals surface area contributed by atoms with Crippen LogP contribution in [-0.2, 0) is 10.2 Å². The van der Waals surface area contributed by atoms with Crippen LogP contribution in [0.3, 0.4) is 0 Å². The minimum Gasteiger partial charge on any atom is -0.463 e. The summed E-state index contributed by atoms with van der Waals surface area (Å²) in [5.41, 5.74) is 6.02. The fourth-order valence-electron chi connectivity index (χ4n) is 2.84. The van der Waals surface area contributed by atoms with Gasteiger partial charge in [0.25, 0.3) is 0 Å². The molecule has 0 aliphatic heterocycles. The van der Waals surface area contributed by atoms with Crippen LogP contribution < -0.4 is 5.43 Å². The Morgan fingerprint density at radius 2 is 1.92 bits per heavy atom. The Morgan fingerprint density at radius 3 is 2.50 bits per heavy atom. The monoisotopic (exact) mass is 324 g/mol. The summed E-state index contributed by atoms with van der Waals surface area (Å²) >= 11 is 0. The lowest BCUT2D eigenvalue weighted by molar-refractivity contribution is -0.122. The lowest BCUT2D eigenvalue weighted by Crippen LogP contribution is -2.21. The number of hydrogen-bond acceptors (Lipinski definition) is 3. The number of carbonyl (C=O) groups excluding carboxylic acids is 1. The number of nitrogens with one attached hydrogen (secondary N) is 1. The molecule has 0 saturated heterocycles. The average Bonchev–Trinajstić information content (AvgIpc) is 3.16. The molecule has 0 spiro atoms. The predicted molar refractivity (Wildman–Crippen MR) is 95.1 cm³/mol. The number of rotatable bonds is 4. The summed E-state index contributed by atoms with van der Waals surface area (Å²) in [6.45, 7) is 8.42. The topological polar surface area (TPSA) is 54.6 Å². The van der Waals surface area contributed by atoms with Crippen LogP contribution in [-0.4, -0.2) is 11.6 Å². The van der Waals surface area contributed by atoms with Crippen molar-refractivity contribution in [2.75, 3.05) is 0 Å². The molecule has 2 aromatic rings. The van der Waals surface area contributed by atoms with Crippen molar-refractivity contribution < 1.29 is 9.21 Å². The van der Waals surface area contributed by atoms with Gasteiger partial charge in [-0.25, -0.2) is 5.43 Å². The van der Waals surface area contributed by atoms with Gasteiger partial charge in [0.1, 0.15) is 11.5 Å². The van der Waals surface area contributed by atoms with Crippen LogP contribution in [0.4, 0.5) is 0 Å². The number of benzene rings is 1. The fraction of sp³-hybridized carbons (Fsp3) is 0.400. The van der Waals surface area contributed by atoms with Crippen molar-refractivity contribution in [2.45, 2.75) is 45.4 Å². The molecule has 1 aromatic carbocycles. The highest BCUT2D eigenvalue weighted by Gasteiger charge is 2.44. The largest absolute Gasteiger partial charge is 0.463 e. The second-order valence-electron chi connectivity index (χ2n) is 7.47. The van der Waals surface area contributed by atoms with E-state index in [1.165, 1.54) is 11.1 Å². The molecular formula is C20H24N2O2. The van der Waals surface area contributed by atoms with Crippen molar-refractivity contribution in [3.63, 3.8) is 0 Å². The highest BCUT2D eigenvalue weighted by atomic mass is 16.3. The van der Waals surface area contributed by atoms with Gasteiger partial charge in [-0.1, -0.05) is 45.0 Å². The molecule has 4 nitrogen and oxygen atoms in total. The summed E-state index contributed by atoms with van der Waals surface area (Å²) in [4.78, 5) is 12.2. The Kier molecular flexibility index (Phi) is 4.31. The molecule has 1 aromatic heterocycles. The van der Waals surface area contributed by atoms with Gasteiger partial charge >= 0.3 is 0 Å². The van der Waals surface area contributed by atoms with Crippen LogP contribution in [0.25, 0.3) is 0 Å². The standard InChI is InChI=1S/C20H24N2O2/c1-13(18-6-5-11-24-18)21-22-19(23)17-12-16(17)14-7-9-15(10-8-14)20(2,3)4/h5-11,16-17H,12H2,1-4H3,(H,22,23).